The zero-order valence-electron chi connectivity index (χ0n) is 12.2. The van der Waals surface area contributed by atoms with Crippen LogP contribution in [0.2, 0.25) is 0 Å². The van der Waals surface area contributed by atoms with Crippen molar-refractivity contribution in [2.24, 2.45) is 0 Å². The third-order valence-electron chi connectivity index (χ3n) is 3.72. The molecule has 2 rings (SSSR count). The second kappa shape index (κ2) is 7.51. The highest BCUT2D eigenvalue weighted by atomic mass is 16.5. The molecule has 0 radical (unpaired) electrons. The Kier molecular flexibility index (Phi) is 5.67. The Balaban J connectivity index is 1.88. The second-order valence-corrected chi connectivity index (χ2v) is 5.32. The van der Waals surface area contributed by atoms with E-state index in [4.69, 9.17) is 4.74 Å². The van der Waals surface area contributed by atoms with Crippen molar-refractivity contribution in [3.63, 3.8) is 0 Å². The van der Waals surface area contributed by atoms with E-state index in [0.29, 0.717) is 6.04 Å². The summed E-state index contributed by atoms with van der Waals surface area (Å²) in [4.78, 5) is 2.58. The van der Waals surface area contributed by atoms with Crippen molar-refractivity contribution < 1.29 is 4.74 Å². The third kappa shape index (κ3) is 4.22. The number of likely N-dealkylation sites (tertiary alicyclic amines) is 1. The molecule has 1 aliphatic heterocycles. The lowest BCUT2D eigenvalue weighted by Gasteiger charge is -2.24. The molecule has 0 saturated carbocycles. The summed E-state index contributed by atoms with van der Waals surface area (Å²) in [5, 5.41) is 3.30. The molecule has 106 valence electrons. The van der Waals surface area contributed by atoms with Crippen LogP contribution in [-0.2, 0) is 6.54 Å². The average molecular weight is 262 g/mol. The summed E-state index contributed by atoms with van der Waals surface area (Å²) in [6.07, 6.45) is 3.70. The fourth-order valence-corrected chi connectivity index (χ4v) is 2.72. The Morgan fingerprint density at radius 3 is 2.79 bits per heavy atom. The number of rotatable bonds is 7. The van der Waals surface area contributed by atoms with E-state index < -0.39 is 0 Å². The average Bonchev–Trinajstić information content (AvgIpc) is 2.86. The van der Waals surface area contributed by atoms with Gasteiger partial charge in [0, 0.05) is 19.1 Å². The fourth-order valence-electron chi connectivity index (χ4n) is 2.72. The first kappa shape index (κ1) is 14.4. The molecule has 1 N–H and O–H groups in total. The lowest BCUT2D eigenvalue weighted by molar-refractivity contribution is 0.242. The molecule has 0 amide bonds. The molecule has 0 bridgehead atoms. The van der Waals surface area contributed by atoms with Crippen molar-refractivity contribution in [2.75, 3.05) is 26.7 Å². The molecular weight excluding hydrogens is 236 g/mol. The standard InChI is InChI=1S/C16H26N2O/c1-3-11-19-16-8-6-14(7-9-16)13-18-10-4-5-15(18)12-17-2/h6-9,15,17H,3-5,10-13H2,1-2H3. The molecule has 1 aromatic carbocycles. The Morgan fingerprint density at radius 2 is 2.11 bits per heavy atom. The van der Waals surface area contributed by atoms with Gasteiger partial charge in [0.05, 0.1) is 6.61 Å². The summed E-state index contributed by atoms with van der Waals surface area (Å²) < 4.78 is 5.62. The zero-order chi connectivity index (χ0) is 13.5. The van der Waals surface area contributed by atoms with Crippen molar-refractivity contribution in [1.82, 2.24) is 10.2 Å². The maximum Gasteiger partial charge on any atom is 0.119 e. The number of nitrogens with one attached hydrogen (secondary N) is 1. The van der Waals surface area contributed by atoms with Gasteiger partial charge in [0.15, 0.2) is 0 Å². The molecular formula is C16H26N2O. The van der Waals surface area contributed by atoms with E-state index in [1.54, 1.807) is 0 Å². The van der Waals surface area contributed by atoms with Gasteiger partial charge in [-0.1, -0.05) is 19.1 Å². The minimum Gasteiger partial charge on any atom is -0.494 e. The Bertz CT molecular complexity index is 364. The lowest BCUT2D eigenvalue weighted by Crippen LogP contribution is -2.36. The minimum atomic E-state index is 0.695. The van der Waals surface area contributed by atoms with E-state index in [1.165, 1.54) is 24.9 Å². The SMILES string of the molecule is CCCOc1ccc(CN2CCCC2CNC)cc1. The van der Waals surface area contributed by atoms with Gasteiger partial charge in [-0.2, -0.15) is 0 Å². The van der Waals surface area contributed by atoms with Gasteiger partial charge in [-0.25, -0.2) is 0 Å². The molecule has 0 spiro atoms. The second-order valence-electron chi connectivity index (χ2n) is 5.32. The predicted octanol–water partition coefficient (Wildman–Crippen LogP) is 2.66. The van der Waals surface area contributed by atoms with Crippen LogP contribution in [0.5, 0.6) is 5.75 Å². The summed E-state index contributed by atoms with van der Waals surface area (Å²) >= 11 is 0. The van der Waals surface area contributed by atoms with Gasteiger partial charge in [0.25, 0.3) is 0 Å². The molecule has 1 fully saturated rings. The molecule has 1 aromatic rings. The van der Waals surface area contributed by atoms with Crippen LogP contribution in [0.25, 0.3) is 0 Å². The predicted molar refractivity (Wildman–Crippen MR) is 79.6 cm³/mol. The van der Waals surface area contributed by atoms with Gasteiger partial charge in [-0.15, -0.1) is 0 Å². The van der Waals surface area contributed by atoms with Gasteiger partial charge in [0.2, 0.25) is 0 Å². The van der Waals surface area contributed by atoms with E-state index in [9.17, 15) is 0 Å². The van der Waals surface area contributed by atoms with Crippen molar-refractivity contribution in [2.45, 2.75) is 38.8 Å². The monoisotopic (exact) mass is 262 g/mol. The summed E-state index contributed by atoms with van der Waals surface area (Å²) in [5.74, 6) is 0.985. The molecule has 1 saturated heterocycles. The highest BCUT2D eigenvalue weighted by Crippen LogP contribution is 2.21. The number of hydrogen-bond acceptors (Lipinski definition) is 3. The molecule has 1 heterocycles. The van der Waals surface area contributed by atoms with Crippen LogP contribution < -0.4 is 10.1 Å². The first-order valence-electron chi connectivity index (χ1n) is 7.44. The van der Waals surface area contributed by atoms with Gasteiger partial charge in [0.1, 0.15) is 5.75 Å². The highest BCUT2D eigenvalue weighted by molar-refractivity contribution is 5.27. The Hall–Kier alpha value is -1.06. The molecule has 0 aliphatic carbocycles. The molecule has 19 heavy (non-hydrogen) atoms. The third-order valence-corrected chi connectivity index (χ3v) is 3.72. The van der Waals surface area contributed by atoms with Gasteiger partial charge >= 0.3 is 0 Å². The quantitative estimate of drug-likeness (QED) is 0.817. The van der Waals surface area contributed by atoms with Gasteiger partial charge < -0.3 is 10.1 Å². The Labute approximate surface area is 116 Å². The largest absolute Gasteiger partial charge is 0.494 e. The van der Waals surface area contributed by atoms with Crippen LogP contribution in [-0.4, -0.2) is 37.7 Å². The van der Waals surface area contributed by atoms with E-state index in [0.717, 1.165) is 31.9 Å². The molecule has 3 nitrogen and oxygen atoms in total. The molecule has 1 unspecified atom stereocenters. The maximum atomic E-state index is 5.62. The van der Waals surface area contributed by atoms with E-state index in [-0.39, 0.29) is 0 Å². The van der Waals surface area contributed by atoms with Crippen LogP contribution >= 0.6 is 0 Å². The van der Waals surface area contributed by atoms with Crippen LogP contribution in [0.15, 0.2) is 24.3 Å². The first-order chi connectivity index (χ1) is 9.33. The smallest absolute Gasteiger partial charge is 0.119 e. The number of benzene rings is 1. The van der Waals surface area contributed by atoms with Crippen molar-refractivity contribution >= 4 is 0 Å². The summed E-state index contributed by atoms with van der Waals surface area (Å²) in [6, 6.07) is 9.27. The Morgan fingerprint density at radius 1 is 1.32 bits per heavy atom. The van der Waals surface area contributed by atoms with E-state index in [2.05, 4.69) is 41.4 Å². The van der Waals surface area contributed by atoms with Crippen molar-refractivity contribution in [3.8, 4) is 5.75 Å². The van der Waals surface area contributed by atoms with E-state index >= 15 is 0 Å². The highest BCUT2D eigenvalue weighted by Gasteiger charge is 2.23. The van der Waals surface area contributed by atoms with Gasteiger partial charge in [-0.3, -0.25) is 4.90 Å². The molecule has 1 atom stereocenters. The van der Waals surface area contributed by atoms with Crippen LogP contribution in [0.1, 0.15) is 31.7 Å². The maximum absolute atomic E-state index is 5.62. The first-order valence-corrected chi connectivity index (χ1v) is 7.44. The number of ether oxygens (including phenoxy) is 1. The van der Waals surface area contributed by atoms with Crippen LogP contribution in [0.4, 0.5) is 0 Å². The molecule has 0 aromatic heterocycles. The van der Waals surface area contributed by atoms with Crippen molar-refractivity contribution in [1.29, 1.82) is 0 Å². The van der Waals surface area contributed by atoms with Gasteiger partial charge in [-0.05, 0) is 50.6 Å². The van der Waals surface area contributed by atoms with Crippen LogP contribution in [0.3, 0.4) is 0 Å². The summed E-state index contributed by atoms with van der Waals surface area (Å²) in [7, 11) is 2.04. The summed E-state index contributed by atoms with van der Waals surface area (Å²) in [6.45, 7) is 6.30. The number of nitrogens with zero attached hydrogens (tertiary/aromatic N) is 1. The molecule has 3 heteroatoms. The van der Waals surface area contributed by atoms with Crippen molar-refractivity contribution in [3.05, 3.63) is 29.8 Å². The normalized spacial score (nSPS) is 19.8. The van der Waals surface area contributed by atoms with Crippen LogP contribution in [0, 0.1) is 0 Å². The number of hydrogen-bond donors (Lipinski definition) is 1. The molecule has 1 aliphatic rings. The minimum absolute atomic E-state index is 0.695. The summed E-state index contributed by atoms with van der Waals surface area (Å²) in [5.41, 5.74) is 1.38. The van der Waals surface area contributed by atoms with E-state index in [1.807, 2.05) is 7.05 Å². The number of likely N-dealkylation sites (N-methyl/N-ethyl adjacent to an activating group) is 1. The zero-order valence-corrected chi connectivity index (χ0v) is 12.2. The lowest BCUT2D eigenvalue weighted by atomic mass is 10.1. The topological polar surface area (TPSA) is 24.5 Å². The fraction of sp³-hybridized carbons (Fsp3) is 0.625.